The van der Waals surface area contributed by atoms with Gasteiger partial charge in [-0.3, -0.25) is 0 Å². The molecule has 0 saturated carbocycles. The predicted molar refractivity (Wildman–Crippen MR) is 322 cm³/mol. The molecular weight excluding hydrogens is 935 g/mol. The van der Waals surface area contributed by atoms with Gasteiger partial charge in [-0.15, -0.1) is 0 Å². The number of benzene rings is 11. The molecule has 4 heterocycles. The largest absolute Gasteiger partial charge is 0.309 e. The van der Waals surface area contributed by atoms with Crippen LogP contribution in [0.15, 0.2) is 261 Å². The van der Waals surface area contributed by atoms with Crippen LogP contribution in [0.2, 0.25) is 0 Å². The zero-order valence-electron chi connectivity index (χ0n) is 42.6. The number of aryl methyl sites for hydroxylation is 2. The summed E-state index contributed by atoms with van der Waals surface area (Å²) in [6.07, 6.45) is 0. The summed E-state index contributed by atoms with van der Waals surface area (Å²) in [4.78, 5) is 10.2. The van der Waals surface area contributed by atoms with Gasteiger partial charge in [0.2, 0.25) is 0 Å². The quantitative estimate of drug-likeness (QED) is 0.152. The van der Waals surface area contributed by atoms with Gasteiger partial charge < -0.3 is 13.7 Å². The molecule has 0 unspecified atom stereocenters. The molecule has 0 aliphatic rings. The van der Waals surface area contributed by atoms with E-state index in [1.807, 2.05) is 24.3 Å². The van der Waals surface area contributed by atoms with Gasteiger partial charge in [0.05, 0.1) is 44.5 Å². The second-order valence-corrected chi connectivity index (χ2v) is 20.3. The second-order valence-electron chi connectivity index (χ2n) is 20.3. The summed E-state index contributed by atoms with van der Waals surface area (Å²) in [5, 5.41) is 7.41. The molecule has 0 amide bonds. The molecule has 0 atom stereocenters. The Morgan fingerprint density at radius 3 is 1.06 bits per heavy atom. The number of aromatic nitrogens is 5. The van der Waals surface area contributed by atoms with Crippen LogP contribution in [-0.4, -0.2) is 23.7 Å². The fraction of sp³-hybridized carbons (Fsp3) is 0.0278. The standard InChI is InChI=1S/C72H49N5/c1-46-41-53(42-47(2)71(46)64-45-63(51-17-5-3-6-18-51)73-72(74-64)52-19-7-4-8-20-52)50-31-29-48(30-32-50)49-33-35-54(36-34-49)75-69-39-37-55(76-65-25-13-9-21-57(65)58-22-10-14-26-66(58)76)43-61(69)62-44-56(38-40-70(62)75)77-67-27-15-11-23-59(67)60-24-12-16-28-68(60)77/h3-45H,1-2H3. The third kappa shape index (κ3) is 7.31. The SMILES string of the molecule is Cc1cc(-c2ccc(-c3ccc(-n4c5ccc(-n6c7ccccc7c7ccccc76)cc5c5cc(-n6c7ccccc7c7ccccc76)ccc54)cc3)cc2)cc(C)c1-c1cc(-c2ccccc2)nc(-c2ccccc2)n1. The van der Waals surface area contributed by atoms with E-state index in [1.54, 1.807) is 0 Å². The molecule has 0 spiro atoms. The summed E-state index contributed by atoms with van der Waals surface area (Å²) in [5.41, 5.74) is 22.6. The monoisotopic (exact) mass is 983 g/mol. The van der Waals surface area contributed by atoms with Crippen molar-refractivity contribution < 1.29 is 0 Å². The van der Waals surface area contributed by atoms with Crippen molar-refractivity contribution in [1.29, 1.82) is 0 Å². The van der Waals surface area contributed by atoms with E-state index in [-0.39, 0.29) is 0 Å². The normalized spacial score (nSPS) is 11.8. The lowest BCUT2D eigenvalue weighted by atomic mass is 9.92. The second kappa shape index (κ2) is 17.8. The molecule has 0 N–H and O–H groups in total. The van der Waals surface area contributed by atoms with Gasteiger partial charge in [-0.25, -0.2) is 9.97 Å². The number of fused-ring (bicyclic) bond motifs is 9. The Balaban J connectivity index is 0.802. The van der Waals surface area contributed by atoms with E-state index in [9.17, 15) is 0 Å². The van der Waals surface area contributed by atoms with E-state index in [4.69, 9.17) is 9.97 Å². The van der Waals surface area contributed by atoms with Gasteiger partial charge in [0.1, 0.15) is 0 Å². The summed E-state index contributed by atoms with van der Waals surface area (Å²) in [6.45, 7) is 4.39. The third-order valence-electron chi connectivity index (χ3n) is 15.7. The molecule has 5 heteroatoms. The number of hydrogen-bond donors (Lipinski definition) is 0. The highest BCUT2D eigenvalue weighted by Crippen LogP contribution is 2.41. The molecule has 0 bridgehead atoms. The van der Waals surface area contributed by atoms with Gasteiger partial charge in [0, 0.05) is 66.1 Å². The molecule has 5 nitrogen and oxygen atoms in total. The fourth-order valence-electron chi connectivity index (χ4n) is 12.2. The minimum Gasteiger partial charge on any atom is -0.309 e. The van der Waals surface area contributed by atoms with Crippen LogP contribution in [0.25, 0.3) is 139 Å². The lowest BCUT2D eigenvalue weighted by molar-refractivity contribution is 1.16. The van der Waals surface area contributed by atoms with Crippen molar-refractivity contribution >= 4 is 65.4 Å². The van der Waals surface area contributed by atoms with Crippen LogP contribution in [0.1, 0.15) is 11.1 Å². The molecule has 0 aliphatic carbocycles. The Morgan fingerprint density at radius 2 is 0.597 bits per heavy atom. The molecule has 11 aromatic carbocycles. The number of nitrogens with zero attached hydrogens (tertiary/aromatic N) is 5. The average Bonchev–Trinajstić information content (AvgIpc) is 4.21. The van der Waals surface area contributed by atoms with E-state index < -0.39 is 0 Å². The summed E-state index contributed by atoms with van der Waals surface area (Å²) in [7, 11) is 0. The molecule has 0 fully saturated rings. The molecule has 15 aromatic rings. The van der Waals surface area contributed by atoms with Crippen molar-refractivity contribution in [2.75, 3.05) is 0 Å². The first kappa shape index (κ1) is 44.4. The number of rotatable bonds is 8. The predicted octanol–water partition coefficient (Wildman–Crippen LogP) is 18.7. The first-order valence-corrected chi connectivity index (χ1v) is 26.4. The maximum Gasteiger partial charge on any atom is 0.160 e. The highest BCUT2D eigenvalue weighted by molar-refractivity contribution is 6.14. The van der Waals surface area contributed by atoms with E-state index in [1.165, 1.54) is 87.8 Å². The Morgan fingerprint density at radius 1 is 0.247 bits per heavy atom. The summed E-state index contributed by atoms with van der Waals surface area (Å²) >= 11 is 0. The van der Waals surface area contributed by atoms with E-state index >= 15 is 0 Å². The molecule has 0 saturated heterocycles. The van der Waals surface area contributed by atoms with Crippen LogP contribution in [0.5, 0.6) is 0 Å². The molecule has 77 heavy (non-hydrogen) atoms. The molecule has 362 valence electrons. The van der Waals surface area contributed by atoms with E-state index in [2.05, 4.69) is 264 Å². The van der Waals surface area contributed by atoms with Crippen LogP contribution in [0.4, 0.5) is 0 Å². The Hall–Kier alpha value is -10.1. The zero-order valence-corrected chi connectivity index (χ0v) is 42.6. The number of hydrogen-bond acceptors (Lipinski definition) is 2. The van der Waals surface area contributed by atoms with Gasteiger partial charge in [-0.1, -0.05) is 182 Å². The lowest BCUT2D eigenvalue weighted by Crippen LogP contribution is -1.98. The van der Waals surface area contributed by atoms with E-state index in [0.29, 0.717) is 0 Å². The smallest absolute Gasteiger partial charge is 0.160 e. The van der Waals surface area contributed by atoms with Gasteiger partial charge in [-0.2, -0.15) is 0 Å². The maximum atomic E-state index is 5.17. The Bertz CT molecular complexity index is 4430. The van der Waals surface area contributed by atoms with Crippen molar-refractivity contribution in [2.45, 2.75) is 13.8 Å². The zero-order chi connectivity index (χ0) is 51.1. The van der Waals surface area contributed by atoms with Crippen LogP contribution in [0.3, 0.4) is 0 Å². The molecular formula is C72H49N5. The minimum absolute atomic E-state index is 0.721. The molecule has 15 rings (SSSR count). The molecule has 0 aliphatic heterocycles. The Kier molecular flexibility index (Phi) is 10.3. The summed E-state index contributed by atoms with van der Waals surface area (Å²) in [6, 6.07) is 94.4. The Labute approximate surface area is 445 Å². The van der Waals surface area contributed by atoms with Crippen molar-refractivity contribution in [3.63, 3.8) is 0 Å². The topological polar surface area (TPSA) is 40.6 Å². The van der Waals surface area contributed by atoms with E-state index in [0.717, 1.165) is 62.0 Å². The minimum atomic E-state index is 0.721. The summed E-state index contributed by atoms with van der Waals surface area (Å²) < 4.78 is 7.28. The van der Waals surface area contributed by atoms with Crippen molar-refractivity contribution in [2.24, 2.45) is 0 Å². The lowest BCUT2D eigenvalue weighted by Gasteiger charge is -2.15. The molecule has 4 aromatic heterocycles. The first-order chi connectivity index (χ1) is 38.0. The van der Waals surface area contributed by atoms with Gasteiger partial charge >= 0.3 is 0 Å². The van der Waals surface area contributed by atoms with Crippen molar-refractivity contribution in [1.82, 2.24) is 23.7 Å². The third-order valence-corrected chi connectivity index (χ3v) is 15.7. The van der Waals surface area contributed by atoms with Crippen LogP contribution in [-0.2, 0) is 0 Å². The fourth-order valence-corrected chi connectivity index (χ4v) is 12.2. The van der Waals surface area contributed by atoms with Crippen LogP contribution >= 0.6 is 0 Å². The van der Waals surface area contributed by atoms with Crippen LogP contribution < -0.4 is 0 Å². The maximum absolute atomic E-state index is 5.17. The highest BCUT2D eigenvalue weighted by Gasteiger charge is 2.20. The van der Waals surface area contributed by atoms with Gasteiger partial charge in [0.15, 0.2) is 5.82 Å². The molecule has 0 radical (unpaired) electrons. The van der Waals surface area contributed by atoms with Gasteiger partial charge in [-0.05, 0) is 126 Å². The van der Waals surface area contributed by atoms with Crippen LogP contribution in [0, 0.1) is 13.8 Å². The summed E-state index contributed by atoms with van der Waals surface area (Å²) in [5.74, 6) is 0.721. The highest BCUT2D eigenvalue weighted by atomic mass is 15.0. The number of para-hydroxylation sites is 4. The first-order valence-electron chi connectivity index (χ1n) is 26.4. The van der Waals surface area contributed by atoms with Crippen molar-refractivity contribution in [3.8, 4) is 73.2 Å². The van der Waals surface area contributed by atoms with Gasteiger partial charge in [0.25, 0.3) is 0 Å². The average molecular weight is 984 g/mol. The van der Waals surface area contributed by atoms with Crippen molar-refractivity contribution in [3.05, 3.63) is 272 Å².